The second-order valence-electron chi connectivity index (χ2n) is 9.79. The zero-order valence-corrected chi connectivity index (χ0v) is 22.5. The Morgan fingerprint density at radius 3 is 2.62 bits per heavy atom. The molecule has 0 spiro atoms. The molecule has 0 unspecified atom stereocenters. The van der Waals surface area contributed by atoms with Crippen molar-refractivity contribution in [2.24, 2.45) is 0 Å². The van der Waals surface area contributed by atoms with Crippen LogP contribution in [0.5, 0.6) is 5.75 Å². The number of aromatic nitrogens is 6. The maximum atomic E-state index is 12.8. The van der Waals surface area contributed by atoms with Crippen molar-refractivity contribution in [3.8, 4) is 17.3 Å². The van der Waals surface area contributed by atoms with Crippen LogP contribution in [0, 0.1) is 0 Å². The number of aromatic amines is 2. The van der Waals surface area contributed by atoms with Gasteiger partial charge in [-0.05, 0) is 25.0 Å². The minimum absolute atomic E-state index is 0.0430. The zero-order chi connectivity index (χ0) is 26.8. The van der Waals surface area contributed by atoms with Gasteiger partial charge < -0.3 is 30.2 Å². The van der Waals surface area contributed by atoms with Gasteiger partial charge in [0.2, 0.25) is 5.95 Å². The molecule has 4 heterocycles. The summed E-state index contributed by atoms with van der Waals surface area (Å²) in [6, 6.07) is 6.25. The van der Waals surface area contributed by atoms with E-state index in [0.717, 1.165) is 29.9 Å². The molecule has 14 heteroatoms. The summed E-state index contributed by atoms with van der Waals surface area (Å²) in [5.74, 6) is 2.55. The summed E-state index contributed by atoms with van der Waals surface area (Å²) in [7, 11) is -1.98. The van der Waals surface area contributed by atoms with Crippen molar-refractivity contribution in [1.29, 1.82) is 0 Å². The summed E-state index contributed by atoms with van der Waals surface area (Å²) in [6.45, 7) is 1.84. The Bertz CT molecular complexity index is 1480. The van der Waals surface area contributed by atoms with Crippen molar-refractivity contribution in [2.75, 3.05) is 48.8 Å². The molecule has 1 saturated carbocycles. The first-order valence-corrected chi connectivity index (χ1v) is 14.6. The fourth-order valence-corrected chi connectivity index (χ4v) is 6.56. The SMILES string of the molecule is COc1cc(N2CCN(S(=O)(=O)c3c[nH]cn3)CC2)ccc1Nc1nc(NC2CCCCC2)c2ncnc-2[nH]1. The van der Waals surface area contributed by atoms with Crippen molar-refractivity contribution in [1.82, 2.24) is 34.2 Å². The third-order valence-electron chi connectivity index (χ3n) is 7.35. The van der Waals surface area contributed by atoms with Gasteiger partial charge in [-0.2, -0.15) is 9.29 Å². The van der Waals surface area contributed by atoms with Crippen LogP contribution in [0.25, 0.3) is 11.5 Å². The number of H-pyrrole nitrogens is 2. The van der Waals surface area contributed by atoms with Crippen LogP contribution < -0.4 is 20.3 Å². The molecule has 1 saturated heterocycles. The van der Waals surface area contributed by atoms with E-state index in [-0.39, 0.29) is 5.03 Å². The maximum Gasteiger partial charge on any atom is 0.262 e. The number of nitrogens with zero attached hydrogens (tertiary/aromatic N) is 6. The highest BCUT2D eigenvalue weighted by molar-refractivity contribution is 7.89. The molecule has 1 aromatic carbocycles. The first-order valence-electron chi connectivity index (χ1n) is 13.2. The van der Waals surface area contributed by atoms with E-state index in [0.29, 0.717) is 55.6 Å². The fraction of sp³-hybridized carbons (Fsp3) is 0.440. The largest absolute Gasteiger partial charge is 0.494 e. The Kier molecular flexibility index (Phi) is 6.95. The van der Waals surface area contributed by atoms with E-state index in [9.17, 15) is 8.42 Å². The quantitative estimate of drug-likeness (QED) is 0.256. The Morgan fingerprint density at radius 1 is 1.05 bits per heavy atom. The Morgan fingerprint density at radius 2 is 1.87 bits per heavy atom. The number of methoxy groups -OCH3 is 1. The Balaban J connectivity index is 1.17. The number of imidazole rings is 2. The topological polar surface area (TPSA) is 157 Å². The van der Waals surface area contributed by atoms with Gasteiger partial charge in [0, 0.05) is 50.2 Å². The van der Waals surface area contributed by atoms with E-state index in [1.165, 1.54) is 42.4 Å². The average Bonchev–Trinajstić information content (AvgIpc) is 3.67. The summed E-state index contributed by atoms with van der Waals surface area (Å²) in [4.78, 5) is 25.5. The molecule has 4 aliphatic rings. The van der Waals surface area contributed by atoms with Crippen LogP contribution in [0.4, 0.5) is 23.1 Å². The van der Waals surface area contributed by atoms with E-state index in [4.69, 9.17) is 9.72 Å². The van der Waals surface area contributed by atoms with E-state index in [1.54, 1.807) is 7.11 Å². The summed E-state index contributed by atoms with van der Waals surface area (Å²) >= 11 is 0. The standard InChI is InChI=1S/C25H32N10O3S/c1-38-20-13-18(34-9-11-35(12-10-34)39(36,37)21-14-26-15-27-21)7-8-19(20)31-25-32-23-22(28-16-29-23)24(33-25)30-17-5-3-2-4-6-17/h7-8,13-17H,2-6,9-12H2,1H3,(H,26,27)(H3,28,29,30,31,32,33). The van der Waals surface area contributed by atoms with Crippen LogP contribution in [0.15, 0.2) is 42.1 Å². The molecule has 1 aromatic heterocycles. The summed E-state index contributed by atoms with van der Waals surface area (Å²) in [6.07, 6.45) is 10.3. The maximum absolute atomic E-state index is 12.8. The molecule has 1 aliphatic carbocycles. The predicted molar refractivity (Wildman–Crippen MR) is 147 cm³/mol. The average molecular weight is 553 g/mol. The van der Waals surface area contributed by atoms with Gasteiger partial charge in [-0.1, -0.05) is 19.3 Å². The van der Waals surface area contributed by atoms with Crippen molar-refractivity contribution in [3.05, 3.63) is 37.1 Å². The zero-order valence-electron chi connectivity index (χ0n) is 21.7. The lowest BCUT2D eigenvalue weighted by atomic mass is 9.95. The van der Waals surface area contributed by atoms with E-state index in [1.807, 2.05) is 18.2 Å². The monoisotopic (exact) mass is 552 g/mol. The van der Waals surface area contributed by atoms with Crippen LogP contribution in [-0.4, -0.2) is 82.0 Å². The number of ether oxygens (including phenoxy) is 1. The number of hydrogen-bond donors (Lipinski definition) is 4. The first-order chi connectivity index (χ1) is 19.0. The van der Waals surface area contributed by atoms with Crippen molar-refractivity contribution in [2.45, 2.75) is 43.2 Å². The molecule has 6 rings (SSSR count). The molecule has 0 atom stereocenters. The number of rotatable bonds is 8. The highest BCUT2D eigenvalue weighted by Gasteiger charge is 2.30. The van der Waals surface area contributed by atoms with Crippen LogP contribution >= 0.6 is 0 Å². The van der Waals surface area contributed by atoms with Gasteiger partial charge in [-0.3, -0.25) is 0 Å². The normalized spacial score (nSPS) is 17.4. The van der Waals surface area contributed by atoms with Gasteiger partial charge in [0.15, 0.2) is 16.7 Å². The second kappa shape index (κ2) is 10.7. The minimum Gasteiger partial charge on any atom is -0.494 e. The number of piperazine rings is 1. The van der Waals surface area contributed by atoms with Gasteiger partial charge in [0.25, 0.3) is 10.0 Å². The van der Waals surface area contributed by atoms with E-state index < -0.39 is 10.0 Å². The second-order valence-corrected chi connectivity index (χ2v) is 11.7. The molecule has 2 fully saturated rings. The number of nitrogens with one attached hydrogen (secondary N) is 4. The Hall–Kier alpha value is -3.91. The highest BCUT2D eigenvalue weighted by atomic mass is 32.2. The molecule has 3 aliphatic heterocycles. The number of sulfonamides is 1. The van der Waals surface area contributed by atoms with Gasteiger partial charge in [-0.15, -0.1) is 0 Å². The minimum atomic E-state index is -3.60. The molecule has 0 bridgehead atoms. The summed E-state index contributed by atoms with van der Waals surface area (Å²) < 4.78 is 32.7. The van der Waals surface area contributed by atoms with Gasteiger partial charge >= 0.3 is 0 Å². The van der Waals surface area contributed by atoms with Crippen LogP contribution in [0.2, 0.25) is 0 Å². The molecular weight excluding hydrogens is 520 g/mol. The molecule has 0 amide bonds. The summed E-state index contributed by atoms with van der Waals surface area (Å²) in [5, 5.41) is 6.96. The smallest absolute Gasteiger partial charge is 0.262 e. The van der Waals surface area contributed by atoms with Gasteiger partial charge in [-0.25, -0.2) is 23.4 Å². The first kappa shape index (κ1) is 25.4. The van der Waals surface area contributed by atoms with Crippen molar-refractivity contribution < 1.29 is 13.2 Å². The lowest BCUT2D eigenvalue weighted by Crippen LogP contribution is -2.48. The van der Waals surface area contributed by atoms with Crippen LogP contribution in [0.3, 0.4) is 0 Å². The fourth-order valence-electron chi connectivity index (χ4n) is 5.25. The Labute approximate surface area is 226 Å². The lowest BCUT2D eigenvalue weighted by molar-refractivity contribution is 0.383. The highest BCUT2D eigenvalue weighted by Crippen LogP contribution is 2.34. The molecule has 13 nitrogen and oxygen atoms in total. The molecule has 2 aromatic rings. The third kappa shape index (κ3) is 5.21. The number of anilines is 4. The van der Waals surface area contributed by atoms with E-state index >= 15 is 0 Å². The number of fused-ring (bicyclic) bond motifs is 1. The molecule has 206 valence electrons. The van der Waals surface area contributed by atoms with Crippen LogP contribution in [0.1, 0.15) is 32.1 Å². The van der Waals surface area contributed by atoms with Gasteiger partial charge in [0.1, 0.15) is 17.8 Å². The molecule has 4 N–H and O–H groups in total. The van der Waals surface area contributed by atoms with Gasteiger partial charge in [0.05, 0.1) is 19.1 Å². The lowest BCUT2D eigenvalue weighted by Gasteiger charge is -2.35. The van der Waals surface area contributed by atoms with Crippen molar-refractivity contribution in [3.63, 3.8) is 0 Å². The number of hydrogen-bond acceptors (Lipinski definition) is 10. The predicted octanol–water partition coefficient (Wildman–Crippen LogP) is 3.04. The summed E-state index contributed by atoms with van der Waals surface area (Å²) in [5.41, 5.74) is 2.41. The molecule has 39 heavy (non-hydrogen) atoms. The van der Waals surface area contributed by atoms with E-state index in [2.05, 4.69) is 40.5 Å². The molecular formula is C25H32N10O3S. The number of benzene rings is 1. The van der Waals surface area contributed by atoms with Crippen molar-refractivity contribution >= 4 is 33.2 Å². The molecule has 0 radical (unpaired) electrons. The van der Waals surface area contributed by atoms with Crippen LogP contribution in [-0.2, 0) is 10.0 Å². The third-order valence-corrected chi connectivity index (χ3v) is 9.14.